The van der Waals surface area contributed by atoms with Crippen LogP contribution in [0.3, 0.4) is 0 Å². The molecular weight excluding hydrogens is 244 g/mol. The summed E-state index contributed by atoms with van der Waals surface area (Å²) in [5.74, 6) is 1.13. The van der Waals surface area contributed by atoms with Crippen LogP contribution in [0.1, 0.15) is 23.3 Å². The first-order valence-electron chi connectivity index (χ1n) is 6.70. The number of aromatic nitrogens is 1. The number of Topliss-reactive ketones (excluding diaryl/α,β-unsaturated/α-hetero) is 1. The van der Waals surface area contributed by atoms with E-state index in [1.165, 1.54) is 12.3 Å². The quantitative estimate of drug-likeness (QED) is 0.783. The van der Waals surface area contributed by atoms with Crippen molar-refractivity contribution in [3.05, 3.63) is 24.0 Å². The number of aliphatic hydroxyl groups excluding tert-OH is 1. The summed E-state index contributed by atoms with van der Waals surface area (Å²) in [6, 6.07) is 3.04. The van der Waals surface area contributed by atoms with Crippen LogP contribution in [0.25, 0.3) is 0 Å². The number of ketones is 1. The van der Waals surface area contributed by atoms with Crippen molar-refractivity contribution in [1.82, 2.24) is 9.88 Å². The molecule has 0 amide bonds. The predicted octanol–water partition coefficient (Wildman–Crippen LogP) is 0.673. The minimum Gasteiger partial charge on any atom is -0.506 e. The number of pyridine rings is 1. The van der Waals surface area contributed by atoms with Crippen LogP contribution in [0.5, 0.6) is 5.75 Å². The minimum absolute atomic E-state index is 0.0134. The molecule has 102 valence electrons. The van der Waals surface area contributed by atoms with E-state index in [0.29, 0.717) is 24.1 Å². The van der Waals surface area contributed by atoms with E-state index in [9.17, 15) is 9.90 Å². The Morgan fingerprint density at radius 3 is 2.58 bits per heavy atom. The van der Waals surface area contributed by atoms with Gasteiger partial charge in [0.15, 0.2) is 5.78 Å². The van der Waals surface area contributed by atoms with Crippen LogP contribution in [0.2, 0.25) is 0 Å². The number of carbonyl (C=O) groups is 1. The van der Waals surface area contributed by atoms with Crippen molar-refractivity contribution in [3.8, 4) is 5.75 Å². The lowest BCUT2D eigenvalue weighted by atomic mass is 10.0. The van der Waals surface area contributed by atoms with Gasteiger partial charge in [-0.3, -0.25) is 9.69 Å². The molecule has 3 atom stereocenters. The molecule has 5 nitrogen and oxygen atoms in total. The standard InChI is InChI=1S/C14H18N2O3/c17-11-1-2-13(15-5-11)14(19)8-16-6-9-3-12(18)4-10(9)7-16/h1-2,5,9-10,12,17-18H,3-4,6-8H2/t9-,10+,12-. The van der Waals surface area contributed by atoms with Crippen molar-refractivity contribution in [1.29, 1.82) is 0 Å². The fraction of sp³-hybridized carbons (Fsp3) is 0.571. The molecule has 19 heavy (non-hydrogen) atoms. The van der Waals surface area contributed by atoms with Crippen LogP contribution in [0.4, 0.5) is 0 Å². The Bertz CT molecular complexity index is 460. The Labute approximate surface area is 111 Å². The third-order valence-corrected chi connectivity index (χ3v) is 4.20. The first-order valence-corrected chi connectivity index (χ1v) is 6.70. The van der Waals surface area contributed by atoms with Gasteiger partial charge in [-0.2, -0.15) is 0 Å². The van der Waals surface area contributed by atoms with E-state index in [2.05, 4.69) is 9.88 Å². The summed E-state index contributed by atoms with van der Waals surface area (Å²) < 4.78 is 0. The maximum atomic E-state index is 12.1. The third kappa shape index (κ3) is 2.62. The van der Waals surface area contributed by atoms with Crippen molar-refractivity contribution in [2.24, 2.45) is 11.8 Å². The second-order valence-electron chi connectivity index (χ2n) is 5.66. The Hall–Kier alpha value is -1.46. The molecule has 0 unspecified atom stereocenters. The molecule has 0 radical (unpaired) electrons. The van der Waals surface area contributed by atoms with Gasteiger partial charge < -0.3 is 10.2 Å². The molecule has 2 heterocycles. The Morgan fingerprint density at radius 2 is 2.00 bits per heavy atom. The first-order chi connectivity index (χ1) is 9.11. The number of hydrogen-bond donors (Lipinski definition) is 2. The van der Waals surface area contributed by atoms with E-state index in [-0.39, 0.29) is 17.6 Å². The molecule has 2 N–H and O–H groups in total. The van der Waals surface area contributed by atoms with Crippen molar-refractivity contribution in [2.45, 2.75) is 18.9 Å². The molecule has 3 rings (SSSR count). The highest BCUT2D eigenvalue weighted by Crippen LogP contribution is 2.37. The van der Waals surface area contributed by atoms with Gasteiger partial charge in [0.2, 0.25) is 0 Å². The molecular formula is C14H18N2O3. The molecule has 2 fully saturated rings. The van der Waals surface area contributed by atoms with Crippen molar-refractivity contribution < 1.29 is 15.0 Å². The summed E-state index contributed by atoms with van der Waals surface area (Å²) in [5.41, 5.74) is 0.398. The number of rotatable bonds is 3. The lowest BCUT2D eigenvalue weighted by Crippen LogP contribution is -2.29. The van der Waals surface area contributed by atoms with Crippen LogP contribution >= 0.6 is 0 Å². The average molecular weight is 262 g/mol. The number of aromatic hydroxyl groups is 1. The number of aliphatic hydroxyl groups is 1. The lowest BCUT2D eigenvalue weighted by molar-refractivity contribution is 0.0930. The highest BCUT2D eigenvalue weighted by molar-refractivity contribution is 5.95. The highest BCUT2D eigenvalue weighted by Gasteiger charge is 2.40. The Balaban J connectivity index is 1.58. The van der Waals surface area contributed by atoms with Crippen LogP contribution in [0.15, 0.2) is 18.3 Å². The van der Waals surface area contributed by atoms with Gasteiger partial charge in [0.1, 0.15) is 11.4 Å². The molecule has 1 saturated carbocycles. The molecule has 1 aromatic heterocycles. The van der Waals surface area contributed by atoms with Gasteiger partial charge in [-0.25, -0.2) is 4.98 Å². The largest absolute Gasteiger partial charge is 0.506 e. The second kappa shape index (κ2) is 4.90. The van der Waals surface area contributed by atoms with E-state index in [1.807, 2.05) is 0 Å². The maximum absolute atomic E-state index is 12.1. The molecule has 5 heteroatoms. The number of carbonyl (C=O) groups excluding carboxylic acids is 1. The minimum atomic E-state index is -0.147. The van der Waals surface area contributed by atoms with Gasteiger partial charge >= 0.3 is 0 Å². The zero-order valence-corrected chi connectivity index (χ0v) is 10.7. The van der Waals surface area contributed by atoms with Crippen molar-refractivity contribution in [3.63, 3.8) is 0 Å². The molecule has 2 aliphatic rings. The third-order valence-electron chi connectivity index (χ3n) is 4.20. The molecule has 1 aromatic rings. The first kappa shape index (κ1) is 12.6. The van der Waals surface area contributed by atoms with Gasteiger partial charge in [-0.1, -0.05) is 0 Å². The summed E-state index contributed by atoms with van der Waals surface area (Å²) in [6.07, 6.45) is 2.88. The number of hydrogen-bond acceptors (Lipinski definition) is 5. The van der Waals surface area contributed by atoms with Crippen molar-refractivity contribution in [2.75, 3.05) is 19.6 Å². The van der Waals surface area contributed by atoms with E-state index in [0.717, 1.165) is 25.9 Å². The summed E-state index contributed by atoms with van der Waals surface area (Å²) >= 11 is 0. The van der Waals surface area contributed by atoms with Crippen LogP contribution in [-0.2, 0) is 0 Å². The van der Waals surface area contributed by atoms with Gasteiger partial charge in [0.05, 0.1) is 18.8 Å². The SMILES string of the molecule is O=C(CN1C[C@H]2C[C@@H](O)C[C@H]2C1)c1ccc(O)cn1. The van der Waals surface area contributed by atoms with Gasteiger partial charge in [0, 0.05) is 13.1 Å². The monoisotopic (exact) mass is 262 g/mol. The average Bonchev–Trinajstić information content (AvgIpc) is 2.86. The zero-order valence-electron chi connectivity index (χ0n) is 10.7. The van der Waals surface area contributed by atoms with E-state index < -0.39 is 0 Å². The molecule has 0 spiro atoms. The fourth-order valence-corrected chi connectivity index (χ4v) is 3.33. The van der Waals surface area contributed by atoms with Crippen LogP contribution in [-0.4, -0.2) is 51.6 Å². The molecule has 1 aliphatic carbocycles. The van der Waals surface area contributed by atoms with Gasteiger partial charge in [-0.15, -0.1) is 0 Å². The highest BCUT2D eigenvalue weighted by atomic mass is 16.3. The Kier molecular flexibility index (Phi) is 3.24. The van der Waals surface area contributed by atoms with E-state index >= 15 is 0 Å². The summed E-state index contributed by atoms with van der Waals surface area (Å²) in [4.78, 5) is 18.1. The topological polar surface area (TPSA) is 73.7 Å². The second-order valence-corrected chi connectivity index (χ2v) is 5.66. The number of likely N-dealkylation sites (tertiary alicyclic amines) is 1. The van der Waals surface area contributed by atoms with E-state index in [4.69, 9.17) is 5.11 Å². The smallest absolute Gasteiger partial charge is 0.195 e. The fourth-order valence-electron chi connectivity index (χ4n) is 3.33. The maximum Gasteiger partial charge on any atom is 0.195 e. The van der Waals surface area contributed by atoms with Gasteiger partial charge in [0.25, 0.3) is 0 Å². The summed E-state index contributed by atoms with van der Waals surface area (Å²) in [6.45, 7) is 2.16. The number of fused-ring (bicyclic) bond motifs is 1. The molecule has 1 aliphatic heterocycles. The van der Waals surface area contributed by atoms with Crippen LogP contribution < -0.4 is 0 Å². The lowest BCUT2D eigenvalue weighted by Gasteiger charge is -2.16. The van der Waals surface area contributed by atoms with Gasteiger partial charge in [-0.05, 0) is 36.8 Å². The Morgan fingerprint density at radius 1 is 1.32 bits per heavy atom. The summed E-state index contributed by atoms with van der Waals surface area (Å²) in [5, 5.41) is 18.7. The zero-order chi connectivity index (χ0) is 13.4. The number of nitrogens with zero attached hydrogens (tertiary/aromatic N) is 2. The molecule has 0 bridgehead atoms. The summed E-state index contributed by atoms with van der Waals surface area (Å²) in [7, 11) is 0. The van der Waals surface area contributed by atoms with E-state index in [1.54, 1.807) is 6.07 Å². The molecule has 0 aromatic carbocycles. The normalized spacial score (nSPS) is 30.5. The molecule has 1 saturated heterocycles. The van der Waals surface area contributed by atoms with Crippen LogP contribution in [0, 0.1) is 11.8 Å². The van der Waals surface area contributed by atoms with Crippen molar-refractivity contribution >= 4 is 5.78 Å². The predicted molar refractivity (Wildman–Crippen MR) is 68.9 cm³/mol.